The van der Waals surface area contributed by atoms with Crippen LogP contribution in [-0.4, -0.2) is 35.3 Å². The maximum atomic E-state index is 12.1. The Kier molecular flexibility index (Phi) is 8.59. The molecule has 5 nitrogen and oxygen atoms in total. The lowest BCUT2D eigenvalue weighted by Gasteiger charge is -2.20. The molecule has 0 spiro atoms. The van der Waals surface area contributed by atoms with Gasteiger partial charge >= 0.3 is 5.97 Å². The number of rotatable bonds is 7. The number of carbonyl (C=O) groups is 2. The Morgan fingerprint density at radius 2 is 2.00 bits per heavy atom. The number of esters is 1. The van der Waals surface area contributed by atoms with Crippen LogP contribution in [0.2, 0.25) is 0 Å². The molecule has 0 aromatic carbocycles. The van der Waals surface area contributed by atoms with Gasteiger partial charge in [-0.25, -0.2) is 4.98 Å². The number of nitrogens with zero attached hydrogens (tertiary/aromatic N) is 1. The van der Waals surface area contributed by atoms with E-state index in [0.29, 0.717) is 24.1 Å². The normalized spacial score (nSPS) is 16.2. The Balaban J connectivity index is 1.71. The molecule has 0 radical (unpaired) electrons. The molecule has 1 heterocycles. The van der Waals surface area contributed by atoms with Crippen molar-refractivity contribution in [2.75, 3.05) is 12.4 Å². The molecule has 0 atom stereocenters. The third-order valence-corrected chi connectivity index (χ3v) is 6.03. The first-order valence-corrected chi connectivity index (χ1v) is 10.6. The summed E-state index contributed by atoms with van der Waals surface area (Å²) in [6.07, 6.45) is 8.69. The van der Waals surface area contributed by atoms with Crippen molar-refractivity contribution in [3.05, 3.63) is 11.1 Å². The lowest BCUT2D eigenvalue weighted by atomic mass is 9.97. The third-order valence-electron chi connectivity index (χ3n) is 3.96. The first kappa shape index (κ1) is 19.2. The summed E-state index contributed by atoms with van der Waals surface area (Å²) < 4.78 is 5.73. The first-order valence-electron chi connectivity index (χ1n) is 8.69. The second kappa shape index (κ2) is 10.7. The summed E-state index contributed by atoms with van der Waals surface area (Å²) in [6.45, 7) is 2.17. The summed E-state index contributed by atoms with van der Waals surface area (Å²) in [6, 6.07) is 0.328. The summed E-state index contributed by atoms with van der Waals surface area (Å²) in [5.74, 6) is 0.192. The van der Waals surface area contributed by atoms with Gasteiger partial charge in [0.1, 0.15) is 0 Å². The van der Waals surface area contributed by atoms with Crippen molar-refractivity contribution in [3.63, 3.8) is 0 Å². The van der Waals surface area contributed by atoms with E-state index in [9.17, 15) is 9.59 Å². The Hall–Kier alpha value is -1.08. The van der Waals surface area contributed by atoms with Gasteiger partial charge in [0, 0.05) is 11.4 Å². The van der Waals surface area contributed by atoms with Crippen LogP contribution in [0.1, 0.15) is 57.6 Å². The molecule has 1 fully saturated rings. The monoisotopic (exact) mass is 370 g/mol. The van der Waals surface area contributed by atoms with Gasteiger partial charge in [-0.15, -0.1) is 11.3 Å². The van der Waals surface area contributed by atoms with E-state index in [1.165, 1.54) is 55.2 Å². The van der Waals surface area contributed by atoms with Crippen LogP contribution in [0.3, 0.4) is 0 Å². The first-order chi connectivity index (χ1) is 11.7. The van der Waals surface area contributed by atoms with Crippen LogP contribution in [0.5, 0.6) is 0 Å². The molecule has 24 heavy (non-hydrogen) atoms. The van der Waals surface area contributed by atoms with Gasteiger partial charge in [0.25, 0.3) is 0 Å². The zero-order valence-corrected chi connectivity index (χ0v) is 15.8. The number of hydrogen-bond acceptors (Lipinski definition) is 6. The molecule has 2 rings (SSSR count). The van der Waals surface area contributed by atoms with Crippen molar-refractivity contribution in [2.45, 2.75) is 68.7 Å². The fraction of sp³-hybridized carbons (Fsp3) is 0.706. The summed E-state index contributed by atoms with van der Waals surface area (Å²) in [4.78, 5) is 27.9. The van der Waals surface area contributed by atoms with Crippen LogP contribution in [0, 0.1) is 0 Å². The molecule has 1 aromatic rings. The van der Waals surface area contributed by atoms with E-state index in [2.05, 4.69) is 10.3 Å². The average Bonchev–Trinajstić information content (AvgIpc) is 2.95. The summed E-state index contributed by atoms with van der Waals surface area (Å²) in [5.41, 5.74) is 0.710. The highest BCUT2D eigenvalue weighted by Crippen LogP contribution is 2.23. The largest absolute Gasteiger partial charge is 0.466 e. The zero-order valence-electron chi connectivity index (χ0n) is 14.2. The standard InChI is InChI=1S/C17H26N2O3S2/c1-2-22-16(21)10-14-11-23-17(19-14)24-12-15(20)18-13-8-6-4-3-5-7-9-13/h11,13H,2-10,12H2,1H3,(H,18,20). The van der Waals surface area contributed by atoms with Gasteiger partial charge in [0.15, 0.2) is 4.34 Å². The van der Waals surface area contributed by atoms with Crippen LogP contribution < -0.4 is 5.32 Å². The van der Waals surface area contributed by atoms with Crippen molar-refractivity contribution in [1.82, 2.24) is 10.3 Å². The fourth-order valence-corrected chi connectivity index (χ4v) is 4.45. The molecule has 1 aliphatic rings. The number of aromatic nitrogens is 1. The smallest absolute Gasteiger partial charge is 0.311 e. The van der Waals surface area contributed by atoms with Crippen LogP contribution in [0.25, 0.3) is 0 Å². The van der Waals surface area contributed by atoms with Crippen LogP contribution >= 0.6 is 23.1 Å². The Labute approximate surface area is 152 Å². The number of thiazole rings is 1. The van der Waals surface area contributed by atoms with E-state index in [1.54, 1.807) is 6.92 Å². The molecule has 7 heteroatoms. The maximum Gasteiger partial charge on any atom is 0.311 e. The number of carbonyl (C=O) groups excluding carboxylic acids is 2. The zero-order chi connectivity index (χ0) is 17.2. The van der Waals surface area contributed by atoms with E-state index in [1.807, 2.05) is 5.38 Å². The van der Waals surface area contributed by atoms with E-state index in [4.69, 9.17) is 4.74 Å². The quantitative estimate of drug-likeness (QED) is 0.587. The minimum atomic E-state index is -0.263. The van der Waals surface area contributed by atoms with Crippen molar-refractivity contribution in [1.29, 1.82) is 0 Å². The molecule has 1 aromatic heterocycles. The molecule has 0 unspecified atom stereocenters. The molecule has 1 aliphatic carbocycles. The van der Waals surface area contributed by atoms with Gasteiger partial charge in [-0.05, 0) is 19.8 Å². The van der Waals surface area contributed by atoms with Crippen LogP contribution in [-0.2, 0) is 20.7 Å². The number of amides is 1. The second-order valence-corrected chi connectivity index (χ2v) is 8.07. The van der Waals surface area contributed by atoms with Crippen molar-refractivity contribution < 1.29 is 14.3 Å². The highest BCUT2D eigenvalue weighted by Gasteiger charge is 2.15. The molecule has 0 bridgehead atoms. The Morgan fingerprint density at radius 3 is 2.71 bits per heavy atom. The molecular weight excluding hydrogens is 344 g/mol. The fourth-order valence-electron chi connectivity index (χ4n) is 2.79. The van der Waals surface area contributed by atoms with Crippen LogP contribution in [0.4, 0.5) is 0 Å². The third kappa shape index (κ3) is 7.21. The highest BCUT2D eigenvalue weighted by atomic mass is 32.2. The number of thioether (sulfide) groups is 1. The lowest BCUT2D eigenvalue weighted by molar-refractivity contribution is -0.142. The highest BCUT2D eigenvalue weighted by molar-refractivity contribution is 8.01. The van der Waals surface area contributed by atoms with Crippen molar-refractivity contribution >= 4 is 35.0 Å². The van der Waals surface area contributed by atoms with Gasteiger partial charge in [-0.2, -0.15) is 0 Å². The number of hydrogen-bond donors (Lipinski definition) is 1. The predicted molar refractivity (Wildman–Crippen MR) is 97.4 cm³/mol. The number of nitrogens with one attached hydrogen (secondary N) is 1. The molecule has 134 valence electrons. The van der Waals surface area contributed by atoms with Gasteiger partial charge in [0.05, 0.1) is 24.5 Å². The van der Waals surface area contributed by atoms with E-state index in [-0.39, 0.29) is 18.3 Å². The van der Waals surface area contributed by atoms with Crippen molar-refractivity contribution in [3.8, 4) is 0 Å². The van der Waals surface area contributed by atoms with Crippen molar-refractivity contribution in [2.24, 2.45) is 0 Å². The number of ether oxygens (including phenoxy) is 1. The maximum absolute atomic E-state index is 12.1. The topological polar surface area (TPSA) is 68.3 Å². The summed E-state index contributed by atoms with van der Waals surface area (Å²) in [5, 5.41) is 5.01. The minimum absolute atomic E-state index is 0.0766. The molecule has 1 N–H and O–H groups in total. The predicted octanol–water partition coefficient (Wildman–Crippen LogP) is 3.57. The molecular formula is C17H26N2O3S2. The molecule has 0 aliphatic heterocycles. The summed E-state index contributed by atoms with van der Waals surface area (Å²) >= 11 is 2.90. The SMILES string of the molecule is CCOC(=O)Cc1csc(SCC(=O)NC2CCCCCCC2)n1. The van der Waals surface area contributed by atoms with Gasteiger partial charge < -0.3 is 10.1 Å². The van der Waals surface area contributed by atoms with E-state index >= 15 is 0 Å². The molecule has 1 saturated carbocycles. The molecule has 1 amide bonds. The van der Waals surface area contributed by atoms with E-state index < -0.39 is 0 Å². The average molecular weight is 371 g/mol. The van der Waals surface area contributed by atoms with E-state index in [0.717, 1.165) is 17.2 Å². The summed E-state index contributed by atoms with van der Waals surface area (Å²) in [7, 11) is 0. The van der Waals surface area contributed by atoms with Crippen LogP contribution in [0.15, 0.2) is 9.72 Å². The lowest BCUT2D eigenvalue weighted by Crippen LogP contribution is -2.36. The van der Waals surface area contributed by atoms with Gasteiger partial charge in [0.2, 0.25) is 5.91 Å². The van der Waals surface area contributed by atoms with Gasteiger partial charge in [-0.3, -0.25) is 9.59 Å². The Morgan fingerprint density at radius 1 is 1.29 bits per heavy atom. The second-order valence-electron chi connectivity index (χ2n) is 5.98. The minimum Gasteiger partial charge on any atom is -0.466 e. The van der Waals surface area contributed by atoms with Gasteiger partial charge in [-0.1, -0.05) is 43.9 Å². The molecule has 0 saturated heterocycles. The Bertz CT molecular complexity index is 526.